The third-order valence-corrected chi connectivity index (χ3v) is 4.50. The third-order valence-electron chi connectivity index (χ3n) is 2.87. The first-order valence-electron chi connectivity index (χ1n) is 5.65. The van der Waals surface area contributed by atoms with Crippen molar-refractivity contribution >= 4 is 22.9 Å². The van der Waals surface area contributed by atoms with Crippen molar-refractivity contribution in [1.82, 2.24) is 5.32 Å². The Kier molecular flexibility index (Phi) is 3.87. The van der Waals surface area contributed by atoms with E-state index in [4.69, 9.17) is 11.6 Å². The molecule has 0 aliphatic rings. The van der Waals surface area contributed by atoms with Gasteiger partial charge in [0.1, 0.15) is 0 Å². The van der Waals surface area contributed by atoms with Gasteiger partial charge in [-0.2, -0.15) is 0 Å². The van der Waals surface area contributed by atoms with E-state index >= 15 is 0 Å². The van der Waals surface area contributed by atoms with Crippen LogP contribution in [0.4, 0.5) is 0 Å². The highest BCUT2D eigenvalue weighted by Gasteiger charge is 2.10. The molecule has 0 aliphatic carbocycles. The Morgan fingerprint density at radius 3 is 2.71 bits per heavy atom. The summed E-state index contributed by atoms with van der Waals surface area (Å²) in [6.45, 7) is 4.25. The summed E-state index contributed by atoms with van der Waals surface area (Å²) in [5.74, 6) is 0. The molecule has 1 atom stereocenters. The van der Waals surface area contributed by atoms with Gasteiger partial charge in [-0.15, -0.1) is 11.3 Å². The molecule has 17 heavy (non-hydrogen) atoms. The summed E-state index contributed by atoms with van der Waals surface area (Å²) < 4.78 is 0. The van der Waals surface area contributed by atoms with Crippen LogP contribution in [0.2, 0.25) is 5.02 Å². The fourth-order valence-corrected chi connectivity index (χ4v) is 3.08. The van der Waals surface area contributed by atoms with E-state index in [0.717, 1.165) is 10.6 Å². The first kappa shape index (κ1) is 12.6. The molecule has 0 saturated heterocycles. The number of aryl methyl sites for hydroxylation is 1. The van der Waals surface area contributed by atoms with Crippen LogP contribution in [0.25, 0.3) is 10.4 Å². The van der Waals surface area contributed by atoms with Crippen molar-refractivity contribution in [2.24, 2.45) is 0 Å². The zero-order valence-electron chi connectivity index (χ0n) is 10.3. The van der Waals surface area contributed by atoms with Crippen molar-refractivity contribution in [3.8, 4) is 10.4 Å². The zero-order chi connectivity index (χ0) is 12.4. The van der Waals surface area contributed by atoms with Gasteiger partial charge in [0.2, 0.25) is 0 Å². The second kappa shape index (κ2) is 5.21. The number of benzene rings is 1. The summed E-state index contributed by atoms with van der Waals surface area (Å²) in [5.41, 5.74) is 2.37. The Hall–Kier alpha value is -0.830. The van der Waals surface area contributed by atoms with E-state index in [-0.39, 0.29) is 0 Å². The third kappa shape index (κ3) is 2.71. The molecule has 0 aliphatic heterocycles. The van der Waals surface area contributed by atoms with Gasteiger partial charge in [-0.3, -0.25) is 0 Å². The van der Waals surface area contributed by atoms with E-state index in [9.17, 15) is 0 Å². The lowest BCUT2D eigenvalue weighted by Gasteiger charge is -2.06. The fourth-order valence-electron chi connectivity index (χ4n) is 1.70. The van der Waals surface area contributed by atoms with Gasteiger partial charge in [0, 0.05) is 26.4 Å². The van der Waals surface area contributed by atoms with Crippen LogP contribution in [0.15, 0.2) is 30.3 Å². The standard InChI is InChI=1S/C14H16ClNS/c1-9-4-5-12(15)11(8-9)14-7-6-13(17-14)10(2)16-3/h4-8,10,16H,1-3H3. The van der Waals surface area contributed by atoms with E-state index < -0.39 is 0 Å². The largest absolute Gasteiger partial charge is 0.313 e. The van der Waals surface area contributed by atoms with Gasteiger partial charge in [-0.1, -0.05) is 23.2 Å². The quantitative estimate of drug-likeness (QED) is 0.851. The van der Waals surface area contributed by atoms with Crippen LogP contribution in [-0.2, 0) is 0 Å². The molecule has 2 rings (SSSR count). The molecule has 0 bridgehead atoms. The Morgan fingerprint density at radius 2 is 2.00 bits per heavy atom. The molecule has 1 nitrogen and oxygen atoms in total. The molecule has 1 N–H and O–H groups in total. The lowest BCUT2D eigenvalue weighted by atomic mass is 10.1. The molecule has 0 saturated carbocycles. The molecule has 1 heterocycles. The van der Waals surface area contributed by atoms with Crippen molar-refractivity contribution in [3.63, 3.8) is 0 Å². The summed E-state index contributed by atoms with van der Waals surface area (Å²) >= 11 is 8.04. The average molecular weight is 266 g/mol. The zero-order valence-corrected chi connectivity index (χ0v) is 11.8. The van der Waals surface area contributed by atoms with Crippen molar-refractivity contribution in [2.45, 2.75) is 19.9 Å². The van der Waals surface area contributed by atoms with Gasteiger partial charge >= 0.3 is 0 Å². The number of rotatable bonds is 3. The van der Waals surface area contributed by atoms with Gasteiger partial charge in [0.15, 0.2) is 0 Å². The summed E-state index contributed by atoms with van der Waals surface area (Å²) in [4.78, 5) is 2.57. The molecule has 0 fully saturated rings. The summed E-state index contributed by atoms with van der Waals surface area (Å²) in [6, 6.07) is 10.8. The van der Waals surface area contributed by atoms with Gasteiger partial charge in [-0.25, -0.2) is 0 Å². The second-order valence-electron chi connectivity index (χ2n) is 4.20. The van der Waals surface area contributed by atoms with E-state index in [1.807, 2.05) is 19.2 Å². The van der Waals surface area contributed by atoms with Crippen molar-refractivity contribution < 1.29 is 0 Å². The van der Waals surface area contributed by atoms with Gasteiger partial charge < -0.3 is 5.32 Å². The number of hydrogen-bond donors (Lipinski definition) is 1. The number of halogens is 1. The molecule has 3 heteroatoms. The molecule has 2 aromatic rings. The Balaban J connectivity index is 2.40. The highest BCUT2D eigenvalue weighted by atomic mass is 35.5. The van der Waals surface area contributed by atoms with Gasteiger partial charge in [0.05, 0.1) is 0 Å². The minimum Gasteiger partial charge on any atom is -0.313 e. The van der Waals surface area contributed by atoms with Crippen LogP contribution in [0.3, 0.4) is 0 Å². The minimum atomic E-state index is 0.386. The van der Waals surface area contributed by atoms with Crippen LogP contribution in [0.5, 0.6) is 0 Å². The molecular weight excluding hydrogens is 250 g/mol. The van der Waals surface area contributed by atoms with E-state index in [1.165, 1.54) is 15.3 Å². The Morgan fingerprint density at radius 1 is 1.24 bits per heavy atom. The van der Waals surface area contributed by atoms with Crippen LogP contribution in [0.1, 0.15) is 23.4 Å². The van der Waals surface area contributed by atoms with Crippen LogP contribution < -0.4 is 5.32 Å². The maximum Gasteiger partial charge on any atom is 0.0492 e. The van der Waals surface area contributed by atoms with E-state index in [1.54, 1.807) is 11.3 Å². The lowest BCUT2D eigenvalue weighted by Crippen LogP contribution is -2.10. The molecule has 0 amide bonds. The second-order valence-corrected chi connectivity index (χ2v) is 5.72. The molecule has 0 radical (unpaired) electrons. The van der Waals surface area contributed by atoms with Crippen molar-refractivity contribution in [2.75, 3.05) is 7.05 Å². The van der Waals surface area contributed by atoms with Crippen LogP contribution in [0, 0.1) is 6.92 Å². The van der Waals surface area contributed by atoms with Crippen molar-refractivity contribution in [1.29, 1.82) is 0 Å². The first-order valence-corrected chi connectivity index (χ1v) is 6.85. The number of hydrogen-bond acceptors (Lipinski definition) is 2. The maximum absolute atomic E-state index is 6.24. The Labute approximate surface area is 111 Å². The highest BCUT2D eigenvalue weighted by molar-refractivity contribution is 7.15. The SMILES string of the molecule is CNC(C)c1ccc(-c2cc(C)ccc2Cl)s1. The number of nitrogens with one attached hydrogen (secondary N) is 1. The van der Waals surface area contributed by atoms with Gasteiger partial charge in [-0.05, 0) is 45.2 Å². The normalized spacial score (nSPS) is 12.7. The Bertz CT molecular complexity index is 519. The van der Waals surface area contributed by atoms with E-state index in [2.05, 4.69) is 37.4 Å². The average Bonchev–Trinajstić information content (AvgIpc) is 2.80. The molecule has 1 aromatic carbocycles. The number of thiophene rings is 1. The molecule has 1 aromatic heterocycles. The first-order chi connectivity index (χ1) is 8.11. The summed E-state index contributed by atoms with van der Waals surface area (Å²) in [6.07, 6.45) is 0. The summed E-state index contributed by atoms with van der Waals surface area (Å²) in [7, 11) is 1.98. The molecule has 1 unspecified atom stereocenters. The smallest absolute Gasteiger partial charge is 0.0492 e. The molecule has 90 valence electrons. The lowest BCUT2D eigenvalue weighted by molar-refractivity contribution is 0.664. The molecule has 0 spiro atoms. The topological polar surface area (TPSA) is 12.0 Å². The van der Waals surface area contributed by atoms with Crippen LogP contribution in [-0.4, -0.2) is 7.05 Å². The predicted octanol–water partition coefficient (Wildman–Crippen LogP) is 4.66. The monoisotopic (exact) mass is 265 g/mol. The summed E-state index contributed by atoms with van der Waals surface area (Å²) in [5, 5.41) is 4.07. The predicted molar refractivity (Wildman–Crippen MR) is 77.0 cm³/mol. The van der Waals surface area contributed by atoms with Crippen molar-refractivity contribution in [3.05, 3.63) is 45.8 Å². The van der Waals surface area contributed by atoms with Gasteiger partial charge in [0.25, 0.3) is 0 Å². The fraction of sp³-hybridized carbons (Fsp3) is 0.286. The van der Waals surface area contributed by atoms with E-state index in [0.29, 0.717) is 6.04 Å². The highest BCUT2D eigenvalue weighted by Crippen LogP contribution is 2.35. The van der Waals surface area contributed by atoms with Crippen LogP contribution >= 0.6 is 22.9 Å². The maximum atomic E-state index is 6.24. The molecular formula is C14H16ClNS. The minimum absolute atomic E-state index is 0.386.